The Morgan fingerprint density at radius 1 is 1.36 bits per heavy atom. The first-order valence-electron chi connectivity index (χ1n) is 8.50. The van der Waals surface area contributed by atoms with Crippen LogP contribution in [0, 0.1) is 6.92 Å². The number of aromatic nitrogens is 3. The Morgan fingerprint density at radius 3 is 3.04 bits per heavy atom. The molecule has 0 aliphatic carbocycles. The van der Waals surface area contributed by atoms with Gasteiger partial charge in [-0.05, 0) is 25.5 Å². The van der Waals surface area contributed by atoms with Gasteiger partial charge in [0, 0.05) is 37.0 Å². The van der Waals surface area contributed by atoms with Crippen molar-refractivity contribution in [3.05, 3.63) is 60.0 Å². The van der Waals surface area contributed by atoms with E-state index in [2.05, 4.69) is 19.9 Å². The highest BCUT2D eigenvalue weighted by Crippen LogP contribution is 2.21. The van der Waals surface area contributed by atoms with E-state index in [0.717, 1.165) is 30.8 Å². The minimum Gasteiger partial charge on any atom is -0.441 e. The van der Waals surface area contributed by atoms with E-state index in [-0.39, 0.29) is 18.4 Å². The van der Waals surface area contributed by atoms with Gasteiger partial charge in [-0.2, -0.15) is 0 Å². The zero-order valence-corrected chi connectivity index (χ0v) is 14.1. The Kier molecular flexibility index (Phi) is 4.09. The quantitative estimate of drug-likeness (QED) is 0.794. The van der Waals surface area contributed by atoms with Crippen LogP contribution < -0.4 is 5.32 Å². The Hall–Kier alpha value is -2.89. The van der Waals surface area contributed by atoms with Gasteiger partial charge in [-0.25, -0.2) is 9.97 Å². The maximum atomic E-state index is 12.4. The summed E-state index contributed by atoms with van der Waals surface area (Å²) in [6, 6.07) is 9.85. The summed E-state index contributed by atoms with van der Waals surface area (Å²) in [5.74, 6) is 2.31. The van der Waals surface area contributed by atoms with Gasteiger partial charge in [0.2, 0.25) is 11.8 Å². The van der Waals surface area contributed by atoms with E-state index < -0.39 is 0 Å². The van der Waals surface area contributed by atoms with Gasteiger partial charge in [0.25, 0.3) is 0 Å². The number of carbonyl (C=O) groups is 1. The lowest BCUT2D eigenvalue weighted by Gasteiger charge is -2.24. The molecule has 3 aromatic rings. The number of hydrogen-bond acceptors (Lipinski definition) is 4. The van der Waals surface area contributed by atoms with Gasteiger partial charge in [0.1, 0.15) is 11.6 Å². The molecule has 1 aliphatic rings. The third-order valence-electron chi connectivity index (χ3n) is 4.54. The Bertz CT molecular complexity index is 882. The van der Waals surface area contributed by atoms with E-state index >= 15 is 0 Å². The maximum Gasteiger partial charge on any atom is 0.226 e. The molecule has 2 aromatic heterocycles. The highest BCUT2D eigenvalue weighted by atomic mass is 16.4. The maximum absolute atomic E-state index is 12.4. The molecule has 6 nitrogen and oxygen atoms in total. The topological polar surface area (TPSA) is 73.0 Å². The van der Waals surface area contributed by atoms with E-state index in [0.29, 0.717) is 17.3 Å². The number of imidazole rings is 1. The molecule has 0 unspecified atom stereocenters. The Labute approximate surface area is 145 Å². The van der Waals surface area contributed by atoms with Gasteiger partial charge in [-0.15, -0.1) is 0 Å². The summed E-state index contributed by atoms with van der Waals surface area (Å²) < 4.78 is 7.82. The molecule has 0 fully saturated rings. The van der Waals surface area contributed by atoms with Crippen molar-refractivity contribution >= 4 is 5.91 Å². The third-order valence-corrected chi connectivity index (χ3v) is 4.54. The molecule has 1 aliphatic heterocycles. The predicted octanol–water partition coefficient (Wildman–Crippen LogP) is 2.52. The van der Waals surface area contributed by atoms with Crippen molar-refractivity contribution in [2.24, 2.45) is 0 Å². The lowest BCUT2D eigenvalue weighted by molar-refractivity contribution is -0.121. The molecule has 1 atom stereocenters. The van der Waals surface area contributed by atoms with Crippen LogP contribution in [-0.4, -0.2) is 26.5 Å². The summed E-state index contributed by atoms with van der Waals surface area (Å²) in [4.78, 5) is 21.2. The average Bonchev–Trinajstić information content (AvgIpc) is 3.22. The van der Waals surface area contributed by atoms with Crippen LogP contribution in [0.25, 0.3) is 11.5 Å². The van der Waals surface area contributed by atoms with E-state index in [1.165, 1.54) is 0 Å². The molecule has 3 heterocycles. The van der Waals surface area contributed by atoms with E-state index in [1.54, 1.807) is 0 Å². The van der Waals surface area contributed by atoms with Crippen LogP contribution in [0.1, 0.15) is 23.7 Å². The Morgan fingerprint density at radius 2 is 2.20 bits per heavy atom. The minimum atomic E-state index is -0.0235. The van der Waals surface area contributed by atoms with Crippen molar-refractivity contribution in [3.63, 3.8) is 0 Å². The number of carbonyl (C=O) groups excluding carboxylic acids is 1. The smallest absolute Gasteiger partial charge is 0.226 e. The van der Waals surface area contributed by atoms with Crippen molar-refractivity contribution in [2.75, 3.05) is 0 Å². The number of nitrogens with one attached hydrogen (secondary N) is 1. The lowest BCUT2D eigenvalue weighted by Crippen LogP contribution is -2.41. The third kappa shape index (κ3) is 3.33. The zero-order chi connectivity index (χ0) is 17.2. The van der Waals surface area contributed by atoms with Crippen LogP contribution >= 0.6 is 0 Å². The van der Waals surface area contributed by atoms with Crippen LogP contribution in [0.3, 0.4) is 0 Å². The summed E-state index contributed by atoms with van der Waals surface area (Å²) in [7, 11) is 0. The summed E-state index contributed by atoms with van der Waals surface area (Å²) in [6.45, 7) is 2.62. The van der Waals surface area contributed by atoms with Crippen LogP contribution in [-0.2, 0) is 24.2 Å². The monoisotopic (exact) mass is 336 g/mol. The number of aryl methyl sites for hydroxylation is 2. The first kappa shape index (κ1) is 15.6. The fraction of sp³-hybridized carbons (Fsp3) is 0.316. The lowest BCUT2D eigenvalue weighted by atomic mass is 10.1. The zero-order valence-electron chi connectivity index (χ0n) is 14.1. The number of fused-ring (bicyclic) bond motifs is 1. The van der Waals surface area contributed by atoms with Crippen molar-refractivity contribution in [1.29, 1.82) is 0 Å². The highest BCUT2D eigenvalue weighted by Gasteiger charge is 2.21. The molecule has 0 saturated carbocycles. The second-order valence-electron chi connectivity index (χ2n) is 6.36. The van der Waals surface area contributed by atoms with E-state index in [1.807, 2.05) is 49.6 Å². The molecular weight excluding hydrogens is 316 g/mol. The van der Waals surface area contributed by atoms with Crippen LogP contribution in [0.5, 0.6) is 0 Å². The summed E-state index contributed by atoms with van der Waals surface area (Å²) in [5, 5.41) is 3.11. The fourth-order valence-electron chi connectivity index (χ4n) is 3.21. The SMILES string of the molecule is Cc1oc(-c2ccccc2)nc1CC(=O)N[C@@H]1CCc2nccn2C1. The predicted molar refractivity (Wildman–Crippen MR) is 92.9 cm³/mol. The Balaban J connectivity index is 1.41. The van der Waals surface area contributed by atoms with E-state index in [9.17, 15) is 4.79 Å². The van der Waals surface area contributed by atoms with Crippen molar-refractivity contribution in [1.82, 2.24) is 19.9 Å². The van der Waals surface area contributed by atoms with Crippen molar-refractivity contribution < 1.29 is 9.21 Å². The molecule has 1 aromatic carbocycles. The number of hydrogen-bond donors (Lipinski definition) is 1. The van der Waals surface area contributed by atoms with Crippen molar-refractivity contribution in [3.8, 4) is 11.5 Å². The number of amides is 1. The second-order valence-corrected chi connectivity index (χ2v) is 6.36. The van der Waals surface area contributed by atoms with E-state index in [4.69, 9.17) is 4.42 Å². The number of nitrogens with zero attached hydrogens (tertiary/aromatic N) is 3. The molecule has 6 heteroatoms. The van der Waals surface area contributed by atoms with Crippen molar-refractivity contribution in [2.45, 2.75) is 38.8 Å². The highest BCUT2D eigenvalue weighted by molar-refractivity contribution is 5.78. The van der Waals surface area contributed by atoms with Crippen LogP contribution in [0.4, 0.5) is 0 Å². The number of oxazole rings is 1. The molecule has 4 rings (SSSR count). The molecule has 0 radical (unpaired) electrons. The summed E-state index contributed by atoms with van der Waals surface area (Å²) >= 11 is 0. The summed E-state index contributed by atoms with van der Waals surface area (Å²) in [5.41, 5.74) is 1.60. The fourth-order valence-corrected chi connectivity index (χ4v) is 3.21. The molecule has 0 spiro atoms. The van der Waals surface area contributed by atoms with Gasteiger partial charge in [0.15, 0.2) is 0 Å². The van der Waals surface area contributed by atoms with Gasteiger partial charge in [-0.3, -0.25) is 4.79 Å². The molecule has 0 bridgehead atoms. The normalized spacial score (nSPS) is 16.4. The second kappa shape index (κ2) is 6.55. The van der Waals surface area contributed by atoms with Gasteiger partial charge in [0.05, 0.1) is 12.1 Å². The van der Waals surface area contributed by atoms with Gasteiger partial charge < -0.3 is 14.3 Å². The average molecular weight is 336 g/mol. The number of rotatable bonds is 4. The van der Waals surface area contributed by atoms with Gasteiger partial charge in [-0.1, -0.05) is 18.2 Å². The molecule has 0 saturated heterocycles. The number of benzene rings is 1. The largest absolute Gasteiger partial charge is 0.441 e. The molecule has 25 heavy (non-hydrogen) atoms. The molecule has 128 valence electrons. The first-order chi connectivity index (χ1) is 12.2. The van der Waals surface area contributed by atoms with Crippen LogP contribution in [0.2, 0.25) is 0 Å². The molecule has 1 N–H and O–H groups in total. The standard InChI is InChI=1S/C19H20N4O2/c1-13-16(22-19(25-13)14-5-3-2-4-6-14)11-18(24)21-15-7-8-17-20-9-10-23(17)12-15/h2-6,9-10,15H,7-8,11-12H2,1H3,(H,21,24)/t15-/m1/s1. The summed E-state index contributed by atoms with van der Waals surface area (Å²) in [6.07, 6.45) is 5.80. The van der Waals surface area contributed by atoms with Crippen LogP contribution in [0.15, 0.2) is 47.1 Å². The minimum absolute atomic E-state index is 0.0235. The first-order valence-corrected chi connectivity index (χ1v) is 8.50. The molecule has 1 amide bonds. The molecular formula is C19H20N4O2. The van der Waals surface area contributed by atoms with Gasteiger partial charge >= 0.3 is 0 Å².